The molecule has 0 aliphatic carbocycles. The maximum atomic E-state index is 12.6. The molecular weight excluding hydrogens is 442 g/mol. The van der Waals surface area contributed by atoms with Gasteiger partial charge in [-0.3, -0.25) is 14.9 Å². The third kappa shape index (κ3) is 5.27. The van der Waals surface area contributed by atoms with Crippen molar-refractivity contribution in [2.75, 3.05) is 25.1 Å². The molecule has 0 spiro atoms. The van der Waals surface area contributed by atoms with Crippen molar-refractivity contribution in [2.45, 2.75) is 6.92 Å². The Labute approximate surface area is 194 Å². The Kier molecular flexibility index (Phi) is 6.94. The Balaban J connectivity index is 1.57. The second-order valence-corrected chi connectivity index (χ2v) is 6.96. The fourth-order valence-electron chi connectivity index (χ4n) is 3.09. The molecule has 0 unspecified atom stereocenters. The second kappa shape index (κ2) is 10.4. The molecule has 0 bridgehead atoms. The number of nitrogens with zero attached hydrogens (tertiary/aromatic N) is 4. The standard InChI is InChI=1S/C23H21N5O6/c1-2-32-13-14-34-23-25-21(20-7-4-12-33-20)27(26-23)19-6-3-5-17(15-19)24-22(29)16-8-10-18(11-9-16)28(30)31/h3-12,15H,2,13-14H2,1H3,(H,24,29). The van der Waals surface area contributed by atoms with Crippen molar-refractivity contribution in [3.63, 3.8) is 0 Å². The predicted molar refractivity (Wildman–Crippen MR) is 122 cm³/mol. The summed E-state index contributed by atoms with van der Waals surface area (Å²) < 4.78 is 17.9. The zero-order chi connectivity index (χ0) is 23.9. The number of hydrogen-bond acceptors (Lipinski definition) is 8. The molecule has 0 saturated carbocycles. The van der Waals surface area contributed by atoms with Crippen LogP contribution in [0.5, 0.6) is 6.01 Å². The molecule has 0 aliphatic heterocycles. The molecule has 11 heteroatoms. The van der Waals surface area contributed by atoms with Gasteiger partial charge in [-0.15, -0.1) is 5.10 Å². The quantitative estimate of drug-likeness (QED) is 0.211. The highest BCUT2D eigenvalue weighted by atomic mass is 16.6. The summed E-state index contributed by atoms with van der Waals surface area (Å²) in [5.74, 6) is 0.513. The first-order valence-corrected chi connectivity index (χ1v) is 10.4. The van der Waals surface area contributed by atoms with Crippen LogP contribution in [-0.2, 0) is 4.74 Å². The van der Waals surface area contributed by atoms with Gasteiger partial charge in [-0.2, -0.15) is 4.98 Å². The third-order valence-electron chi connectivity index (χ3n) is 4.68. The number of hydrogen-bond donors (Lipinski definition) is 1. The van der Waals surface area contributed by atoms with Crippen molar-refractivity contribution < 1.29 is 23.6 Å². The summed E-state index contributed by atoms with van der Waals surface area (Å²) in [6.07, 6.45) is 1.53. The number of non-ortho nitro benzene ring substituents is 1. The Hall–Kier alpha value is -4.51. The molecule has 1 amide bonds. The molecule has 0 radical (unpaired) electrons. The van der Waals surface area contributed by atoms with Crippen LogP contribution in [0.4, 0.5) is 11.4 Å². The number of benzene rings is 2. The van der Waals surface area contributed by atoms with E-state index in [1.165, 1.54) is 30.5 Å². The lowest BCUT2D eigenvalue weighted by atomic mass is 10.2. The molecule has 4 aromatic rings. The molecule has 0 atom stereocenters. The lowest BCUT2D eigenvalue weighted by Crippen LogP contribution is -2.12. The fourth-order valence-corrected chi connectivity index (χ4v) is 3.09. The van der Waals surface area contributed by atoms with E-state index >= 15 is 0 Å². The molecular formula is C23H21N5O6. The van der Waals surface area contributed by atoms with E-state index in [2.05, 4.69) is 15.4 Å². The highest BCUT2D eigenvalue weighted by Crippen LogP contribution is 2.25. The number of carbonyl (C=O) groups is 1. The van der Waals surface area contributed by atoms with E-state index in [4.69, 9.17) is 13.9 Å². The highest BCUT2D eigenvalue weighted by molar-refractivity contribution is 6.04. The lowest BCUT2D eigenvalue weighted by Gasteiger charge is -2.09. The summed E-state index contributed by atoms with van der Waals surface area (Å²) in [6, 6.07) is 16.0. The first kappa shape index (κ1) is 22.7. The van der Waals surface area contributed by atoms with Crippen LogP contribution in [0.1, 0.15) is 17.3 Å². The van der Waals surface area contributed by atoms with Crippen molar-refractivity contribution in [2.24, 2.45) is 0 Å². The largest absolute Gasteiger partial charge is 0.461 e. The summed E-state index contributed by atoms with van der Waals surface area (Å²) in [6.45, 7) is 3.18. The third-order valence-corrected chi connectivity index (χ3v) is 4.68. The molecule has 2 aromatic heterocycles. The van der Waals surface area contributed by atoms with Crippen LogP contribution >= 0.6 is 0 Å². The molecule has 34 heavy (non-hydrogen) atoms. The van der Waals surface area contributed by atoms with Gasteiger partial charge in [0.15, 0.2) is 5.76 Å². The van der Waals surface area contributed by atoms with Gasteiger partial charge in [-0.05, 0) is 49.4 Å². The van der Waals surface area contributed by atoms with Crippen molar-refractivity contribution >= 4 is 17.3 Å². The van der Waals surface area contributed by atoms with Gasteiger partial charge in [0, 0.05) is 30.0 Å². The Morgan fingerprint density at radius 2 is 1.97 bits per heavy atom. The Morgan fingerprint density at radius 1 is 1.15 bits per heavy atom. The van der Waals surface area contributed by atoms with Crippen molar-refractivity contribution in [1.82, 2.24) is 14.8 Å². The molecule has 11 nitrogen and oxygen atoms in total. The molecule has 2 heterocycles. The summed E-state index contributed by atoms with van der Waals surface area (Å²) in [5.41, 5.74) is 1.31. The molecule has 0 aliphatic rings. The lowest BCUT2D eigenvalue weighted by molar-refractivity contribution is -0.384. The van der Waals surface area contributed by atoms with E-state index in [1.54, 1.807) is 41.1 Å². The minimum absolute atomic E-state index is 0.0885. The number of anilines is 1. The normalized spacial score (nSPS) is 10.7. The van der Waals surface area contributed by atoms with Crippen LogP contribution in [-0.4, -0.2) is 45.4 Å². The van der Waals surface area contributed by atoms with Gasteiger partial charge in [0.2, 0.25) is 5.82 Å². The maximum Gasteiger partial charge on any atom is 0.336 e. The minimum atomic E-state index is -0.519. The minimum Gasteiger partial charge on any atom is -0.461 e. The van der Waals surface area contributed by atoms with Gasteiger partial charge < -0.3 is 19.2 Å². The van der Waals surface area contributed by atoms with Crippen LogP contribution < -0.4 is 10.1 Å². The van der Waals surface area contributed by atoms with E-state index < -0.39 is 10.8 Å². The molecule has 174 valence electrons. The van der Waals surface area contributed by atoms with E-state index in [9.17, 15) is 14.9 Å². The molecule has 4 rings (SSSR count). The van der Waals surface area contributed by atoms with Gasteiger partial charge >= 0.3 is 6.01 Å². The predicted octanol–water partition coefficient (Wildman–Crippen LogP) is 4.10. The van der Waals surface area contributed by atoms with E-state index in [0.717, 1.165) is 0 Å². The number of aromatic nitrogens is 3. The second-order valence-electron chi connectivity index (χ2n) is 6.96. The van der Waals surface area contributed by atoms with Gasteiger partial charge in [-0.25, -0.2) is 4.68 Å². The van der Waals surface area contributed by atoms with Crippen LogP contribution in [0, 0.1) is 10.1 Å². The number of ether oxygens (including phenoxy) is 2. The zero-order valence-electron chi connectivity index (χ0n) is 18.2. The highest BCUT2D eigenvalue weighted by Gasteiger charge is 2.18. The van der Waals surface area contributed by atoms with E-state index in [0.29, 0.717) is 42.8 Å². The first-order chi connectivity index (χ1) is 16.5. The van der Waals surface area contributed by atoms with Crippen LogP contribution in [0.3, 0.4) is 0 Å². The smallest absolute Gasteiger partial charge is 0.336 e. The number of nitro benzene ring substituents is 1. The Morgan fingerprint density at radius 3 is 2.68 bits per heavy atom. The SMILES string of the molecule is CCOCCOc1nc(-c2ccco2)n(-c2cccc(NC(=O)c3ccc([N+](=O)[O-])cc3)c2)n1. The van der Waals surface area contributed by atoms with Crippen molar-refractivity contribution in [3.8, 4) is 23.3 Å². The summed E-state index contributed by atoms with van der Waals surface area (Å²) in [4.78, 5) is 27.3. The topological polar surface area (TPSA) is 135 Å². The van der Waals surface area contributed by atoms with Gasteiger partial charge in [0.1, 0.15) is 6.61 Å². The number of rotatable bonds is 10. The molecule has 0 fully saturated rings. The summed E-state index contributed by atoms with van der Waals surface area (Å²) in [7, 11) is 0. The first-order valence-electron chi connectivity index (χ1n) is 10.4. The van der Waals surface area contributed by atoms with E-state index in [-0.39, 0.29) is 17.3 Å². The molecule has 2 aromatic carbocycles. The van der Waals surface area contributed by atoms with Crippen LogP contribution in [0.25, 0.3) is 17.3 Å². The van der Waals surface area contributed by atoms with Crippen molar-refractivity contribution in [1.29, 1.82) is 0 Å². The average Bonchev–Trinajstić information content (AvgIpc) is 3.52. The monoisotopic (exact) mass is 463 g/mol. The van der Waals surface area contributed by atoms with Crippen LogP contribution in [0.2, 0.25) is 0 Å². The fraction of sp³-hybridized carbons (Fsp3) is 0.174. The number of furan rings is 1. The summed E-state index contributed by atoms with van der Waals surface area (Å²) in [5, 5.41) is 18.0. The van der Waals surface area contributed by atoms with Gasteiger partial charge in [0.05, 0.1) is 23.5 Å². The number of carbonyl (C=O) groups excluding carboxylic acids is 1. The van der Waals surface area contributed by atoms with Crippen LogP contribution in [0.15, 0.2) is 71.3 Å². The van der Waals surface area contributed by atoms with E-state index in [1.807, 2.05) is 6.92 Å². The Bertz CT molecular complexity index is 1270. The number of amides is 1. The number of nitro groups is 1. The average molecular weight is 463 g/mol. The van der Waals surface area contributed by atoms with Crippen molar-refractivity contribution in [3.05, 3.63) is 82.6 Å². The molecule has 0 saturated heterocycles. The number of nitrogens with one attached hydrogen (secondary N) is 1. The van der Waals surface area contributed by atoms with Gasteiger partial charge in [0.25, 0.3) is 11.6 Å². The maximum absolute atomic E-state index is 12.6. The zero-order valence-corrected chi connectivity index (χ0v) is 18.2. The van der Waals surface area contributed by atoms with Gasteiger partial charge in [-0.1, -0.05) is 6.07 Å². The molecule has 1 N–H and O–H groups in total. The summed E-state index contributed by atoms with van der Waals surface area (Å²) >= 11 is 0.